The number of nitrogens with zero attached hydrogens (tertiary/aromatic N) is 2. The molecule has 0 radical (unpaired) electrons. The molecule has 0 amide bonds. The van der Waals surface area contributed by atoms with Crippen molar-refractivity contribution < 1.29 is 13.2 Å². The summed E-state index contributed by atoms with van der Waals surface area (Å²) in [6.45, 7) is 5.38. The number of hydrogen-bond donors (Lipinski definition) is 0. The van der Waals surface area contributed by atoms with Crippen molar-refractivity contribution in [3.63, 3.8) is 0 Å². The van der Waals surface area contributed by atoms with E-state index in [9.17, 15) is 13.2 Å². The van der Waals surface area contributed by atoms with Crippen molar-refractivity contribution >= 4 is 11.6 Å². The fourth-order valence-electron chi connectivity index (χ4n) is 1.55. The predicted octanol–water partition coefficient (Wildman–Crippen LogP) is 4.88. The Hall–Kier alpha value is -1.49. The van der Waals surface area contributed by atoms with Crippen LogP contribution in [0.4, 0.5) is 13.2 Å². The summed E-state index contributed by atoms with van der Waals surface area (Å²) in [6, 6.07) is 6.02. The average Bonchev–Trinajstić information content (AvgIpc) is 2.74. The van der Waals surface area contributed by atoms with Crippen molar-refractivity contribution in [1.82, 2.24) is 9.78 Å². The maximum absolute atomic E-state index is 12.8. The lowest BCUT2D eigenvalue weighted by Gasteiger charge is -2.11. The molecule has 19 heavy (non-hydrogen) atoms. The highest BCUT2D eigenvalue weighted by Crippen LogP contribution is 2.33. The van der Waals surface area contributed by atoms with Crippen LogP contribution in [0.25, 0.3) is 5.69 Å². The van der Waals surface area contributed by atoms with Crippen molar-refractivity contribution in [1.29, 1.82) is 0 Å². The van der Waals surface area contributed by atoms with E-state index in [0.29, 0.717) is 10.7 Å². The van der Waals surface area contributed by atoms with E-state index in [1.807, 2.05) is 13.8 Å². The normalized spacial score (nSPS) is 10.9. The van der Waals surface area contributed by atoms with Crippen LogP contribution in [0.1, 0.15) is 25.1 Å². The molecule has 0 aliphatic rings. The van der Waals surface area contributed by atoms with E-state index in [-0.39, 0.29) is 5.56 Å². The molecule has 2 rings (SSSR count). The van der Waals surface area contributed by atoms with E-state index in [4.69, 9.17) is 11.6 Å². The van der Waals surface area contributed by atoms with Crippen molar-refractivity contribution in [2.75, 3.05) is 0 Å². The molecule has 0 saturated carbocycles. The SMILES string of the molecule is CC.Cc1cnn(-c2ccc(Cl)cc2)c1C(F)(F)F. The molecule has 0 unspecified atom stereocenters. The van der Waals surface area contributed by atoms with E-state index in [1.165, 1.54) is 37.4 Å². The summed E-state index contributed by atoms with van der Waals surface area (Å²) in [5, 5.41) is 4.20. The van der Waals surface area contributed by atoms with Crippen LogP contribution in [-0.2, 0) is 6.18 Å². The maximum Gasteiger partial charge on any atom is 0.433 e. The number of aryl methyl sites for hydroxylation is 1. The second kappa shape index (κ2) is 6.10. The van der Waals surface area contributed by atoms with Gasteiger partial charge in [0.1, 0.15) is 0 Å². The summed E-state index contributed by atoms with van der Waals surface area (Å²) in [6.07, 6.45) is -3.24. The fourth-order valence-corrected chi connectivity index (χ4v) is 1.68. The standard InChI is InChI=1S/C11H8ClF3N2.C2H6/c1-7-6-16-17(10(7)11(13,14)15)9-4-2-8(12)3-5-9;1-2/h2-6H,1H3;1-2H3. The van der Waals surface area contributed by atoms with Gasteiger partial charge in [0.25, 0.3) is 0 Å². The molecule has 2 aromatic rings. The van der Waals surface area contributed by atoms with Gasteiger partial charge < -0.3 is 0 Å². The Bertz CT molecular complexity index is 530. The third-order valence-corrected chi connectivity index (χ3v) is 2.54. The number of rotatable bonds is 1. The largest absolute Gasteiger partial charge is 0.433 e. The summed E-state index contributed by atoms with van der Waals surface area (Å²) >= 11 is 5.68. The molecule has 0 N–H and O–H groups in total. The molecule has 0 bridgehead atoms. The minimum absolute atomic E-state index is 0.0902. The number of aromatic nitrogens is 2. The van der Waals surface area contributed by atoms with Crippen LogP contribution in [0.3, 0.4) is 0 Å². The summed E-state index contributed by atoms with van der Waals surface area (Å²) in [5.74, 6) is 0. The molecule has 104 valence electrons. The van der Waals surface area contributed by atoms with Gasteiger partial charge in [-0.05, 0) is 36.8 Å². The lowest BCUT2D eigenvalue weighted by Crippen LogP contribution is -2.14. The first kappa shape index (κ1) is 15.6. The number of alkyl halides is 3. The van der Waals surface area contributed by atoms with Crippen molar-refractivity contribution in [2.24, 2.45) is 0 Å². The topological polar surface area (TPSA) is 17.8 Å². The molecule has 2 nitrogen and oxygen atoms in total. The van der Waals surface area contributed by atoms with Crippen LogP contribution >= 0.6 is 11.6 Å². The molecule has 1 aromatic carbocycles. The Morgan fingerprint density at radius 2 is 1.63 bits per heavy atom. The Morgan fingerprint density at radius 3 is 2.11 bits per heavy atom. The Morgan fingerprint density at radius 1 is 1.11 bits per heavy atom. The van der Waals surface area contributed by atoms with E-state index in [0.717, 1.165) is 4.68 Å². The summed E-state index contributed by atoms with van der Waals surface area (Å²) in [7, 11) is 0. The molecular weight excluding hydrogens is 277 g/mol. The zero-order valence-electron chi connectivity index (χ0n) is 10.8. The third kappa shape index (κ3) is 3.50. The lowest BCUT2D eigenvalue weighted by atomic mass is 10.2. The second-order valence-electron chi connectivity index (χ2n) is 3.56. The molecule has 6 heteroatoms. The number of hydrogen-bond acceptors (Lipinski definition) is 1. The Labute approximate surface area is 114 Å². The van der Waals surface area contributed by atoms with Gasteiger partial charge in [-0.1, -0.05) is 25.4 Å². The average molecular weight is 291 g/mol. The number of benzene rings is 1. The molecule has 1 heterocycles. The quantitative estimate of drug-likeness (QED) is 0.732. The highest BCUT2D eigenvalue weighted by Gasteiger charge is 2.37. The second-order valence-corrected chi connectivity index (χ2v) is 4.00. The van der Waals surface area contributed by atoms with Crippen molar-refractivity contribution in [3.05, 3.63) is 46.7 Å². The summed E-state index contributed by atoms with van der Waals surface area (Å²) in [4.78, 5) is 0. The van der Waals surface area contributed by atoms with Crippen LogP contribution in [0.2, 0.25) is 5.02 Å². The Kier molecular flexibility index (Phi) is 5.00. The minimum atomic E-state index is -4.43. The molecule has 0 saturated heterocycles. The van der Waals surface area contributed by atoms with Crippen LogP contribution in [0.15, 0.2) is 30.5 Å². The van der Waals surface area contributed by atoms with Crippen LogP contribution in [0, 0.1) is 6.92 Å². The van der Waals surface area contributed by atoms with Gasteiger partial charge in [-0.2, -0.15) is 18.3 Å². The van der Waals surface area contributed by atoms with Gasteiger partial charge in [0.15, 0.2) is 5.69 Å². The smallest absolute Gasteiger partial charge is 0.228 e. The van der Waals surface area contributed by atoms with Crippen molar-refractivity contribution in [2.45, 2.75) is 26.9 Å². The zero-order chi connectivity index (χ0) is 14.6. The van der Waals surface area contributed by atoms with E-state index < -0.39 is 11.9 Å². The lowest BCUT2D eigenvalue weighted by molar-refractivity contribution is -0.143. The van der Waals surface area contributed by atoms with Gasteiger partial charge in [0, 0.05) is 5.02 Å². The van der Waals surface area contributed by atoms with Gasteiger partial charge >= 0.3 is 6.18 Å². The van der Waals surface area contributed by atoms with E-state index >= 15 is 0 Å². The molecule has 0 aliphatic heterocycles. The molecule has 1 aromatic heterocycles. The first-order valence-electron chi connectivity index (χ1n) is 5.77. The van der Waals surface area contributed by atoms with Crippen molar-refractivity contribution in [3.8, 4) is 5.69 Å². The monoisotopic (exact) mass is 290 g/mol. The number of halogens is 4. The van der Waals surface area contributed by atoms with Gasteiger partial charge in [-0.15, -0.1) is 0 Å². The van der Waals surface area contributed by atoms with Crippen LogP contribution in [-0.4, -0.2) is 9.78 Å². The summed E-state index contributed by atoms with van der Waals surface area (Å²) < 4.78 is 39.3. The molecule has 0 spiro atoms. The van der Waals surface area contributed by atoms with Crippen LogP contribution in [0.5, 0.6) is 0 Å². The van der Waals surface area contributed by atoms with Gasteiger partial charge in [-0.3, -0.25) is 0 Å². The minimum Gasteiger partial charge on any atom is -0.228 e. The predicted molar refractivity (Wildman–Crippen MR) is 69.7 cm³/mol. The van der Waals surface area contributed by atoms with E-state index in [1.54, 1.807) is 0 Å². The first-order chi connectivity index (χ1) is 8.89. The third-order valence-electron chi connectivity index (χ3n) is 2.29. The molecule has 0 fully saturated rings. The highest BCUT2D eigenvalue weighted by atomic mass is 35.5. The Balaban J connectivity index is 0.000000861. The highest BCUT2D eigenvalue weighted by molar-refractivity contribution is 6.30. The van der Waals surface area contributed by atoms with Gasteiger partial charge in [0.05, 0.1) is 11.9 Å². The van der Waals surface area contributed by atoms with Crippen LogP contribution < -0.4 is 0 Å². The molecular formula is C13H14ClF3N2. The molecule has 0 aliphatic carbocycles. The zero-order valence-corrected chi connectivity index (χ0v) is 11.5. The first-order valence-corrected chi connectivity index (χ1v) is 6.15. The maximum atomic E-state index is 12.8. The van der Waals surface area contributed by atoms with E-state index in [2.05, 4.69) is 5.10 Å². The fraction of sp³-hybridized carbons (Fsp3) is 0.308. The van der Waals surface area contributed by atoms with Gasteiger partial charge in [0.2, 0.25) is 0 Å². The molecule has 0 atom stereocenters. The summed E-state index contributed by atoms with van der Waals surface area (Å²) in [5.41, 5.74) is -0.345. The van der Waals surface area contributed by atoms with Gasteiger partial charge in [-0.25, -0.2) is 4.68 Å².